The molecule has 0 aliphatic heterocycles. The van der Waals surface area contributed by atoms with E-state index >= 15 is 0 Å². The maximum absolute atomic E-state index is 5.61. The fraction of sp³-hybridized carbons (Fsp3) is 0.455. The van der Waals surface area contributed by atoms with Crippen LogP contribution in [0.4, 0.5) is 0 Å². The Morgan fingerprint density at radius 1 is 1.31 bits per heavy atom. The molecule has 0 aromatic heterocycles. The summed E-state index contributed by atoms with van der Waals surface area (Å²) < 4.78 is 6.85. The fourth-order valence-corrected chi connectivity index (χ4v) is 1.25. The normalized spacial score (nSPS) is 12.5. The largest absolute Gasteiger partial charge is 0.493 e. The molecule has 1 rings (SSSR count). The summed E-state index contributed by atoms with van der Waals surface area (Å²) in [6, 6.07) is 8.16. The number of halogens is 1. The monoisotopic (exact) mass is 290 g/mol. The van der Waals surface area contributed by atoms with Crippen molar-refractivity contribution in [1.82, 2.24) is 0 Å². The second-order valence-corrected chi connectivity index (χ2v) is 4.52. The molecule has 2 heteroatoms. The van der Waals surface area contributed by atoms with Gasteiger partial charge in [-0.25, -0.2) is 0 Å². The third-order valence-electron chi connectivity index (χ3n) is 2.05. The molecule has 72 valence electrons. The molecular weight excluding hydrogens is 275 g/mol. The summed E-state index contributed by atoms with van der Waals surface area (Å²) in [5.41, 5.74) is 0. The first-order valence-corrected chi connectivity index (χ1v) is 5.68. The Morgan fingerprint density at radius 2 is 1.92 bits per heavy atom. The Balaban J connectivity index is 2.41. The van der Waals surface area contributed by atoms with Gasteiger partial charge < -0.3 is 4.74 Å². The van der Waals surface area contributed by atoms with Crippen molar-refractivity contribution < 1.29 is 4.74 Å². The average Bonchev–Trinajstić information content (AvgIpc) is 2.16. The average molecular weight is 290 g/mol. The first-order chi connectivity index (χ1) is 6.22. The van der Waals surface area contributed by atoms with E-state index in [-0.39, 0.29) is 0 Å². The molecule has 0 saturated heterocycles. The molecule has 0 heterocycles. The smallest absolute Gasteiger partial charge is 0.119 e. The number of rotatable bonds is 4. The van der Waals surface area contributed by atoms with E-state index in [2.05, 4.69) is 48.6 Å². The highest BCUT2D eigenvalue weighted by atomic mass is 127. The maximum atomic E-state index is 5.61. The van der Waals surface area contributed by atoms with Crippen molar-refractivity contribution in [3.8, 4) is 5.75 Å². The van der Waals surface area contributed by atoms with Gasteiger partial charge in [-0.1, -0.05) is 20.3 Å². The maximum Gasteiger partial charge on any atom is 0.119 e. The van der Waals surface area contributed by atoms with Crippen LogP contribution in [0.1, 0.15) is 20.3 Å². The molecule has 0 N–H and O–H groups in total. The van der Waals surface area contributed by atoms with Crippen LogP contribution < -0.4 is 4.74 Å². The Hall–Kier alpha value is -0.250. The van der Waals surface area contributed by atoms with Crippen molar-refractivity contribution in [1.29, 1.82) is 0 Å². The van der Waals surface area contributed by atoms with Gasteiger partial charge in [0.25, 0.3) is 0 Å². The van der Waals surface area contributed by atoms with Gasteiger partial charge in [0.15, 0.2) is 0 Å². The lowest BCUT2D eigenvalue weighted by atomic mass is 10.1. The molecule has 1 unspecified atom stereocenters. The lowest BCUT2D eigenvalue weighted by Crippen LogP contribution is -2.06. The van der Waals surface area contributed by atoms with Gasteiger partial charge in [0.05, 0.1) is 6.61 Å². The molecule has 0 fully saturated rings. The molecule has 1 aromatic rings. The number of benzene rings is 1. The summed E-state index contributed by atoms with van der Waals surface area (Å²) >= 11 is 2.29. The first kappa shape index (κ1) is 10.8. The van der Waals surface area contributed by atoms with E-state index < -0.39 is 0 Å². The van der Waals surface area contributed by atoms with E-state index in [4.69, 9.17) is 4.74 Å². The molecule has 1 nitrogen and oxygen atoms in total. The minimum absolute atomic E-state index is 0.638. The van der Waals surface area contributed by atoms with Crippen LogP contribution in [0.3, 0.4) is 0 Å². The van der Waals surface area contributed by atoms with Crippen molar-refractivity contribution in [2.24, 2.45) is 5.92 Å². The van der Waals surface area contributed by atoms with Gasteiger partial charge in [-0.05, 0) is 52.8 Å². The van der Waals surface area contributed by atoms with Crippen LogP contribution in [0.5, 0.6) is 5.75 Å². The van der Waals surface area contributed by atoms with E-state index in [1.807, 2.05) is 12.1 Å². The Kier molecular flexibility index (Phi) is 4.56. The highest BCUT2D eigenvalue weighted by molar-refractivity contribution is 14.1. The molecule has 0 radical (unpaired) electrons. The third-order valence-corrected chi connectivity index (χ3v) is 2.76. The summed E-state index contributed by atoms with van der Waals surface area (Å²) in [5, 5.41) is 0. The lowest BCUT2D eigenvalue weighted by molar-refractivity contribution is 0.256. The minimum Gasteiger partial charge on any atom is -0.493 e. The van der Waals surface area contributed by atoms with E-state index in [9.17, 15) is 0 Å². The van der Waals surface area contributed by atoms with Crippen LogP contribution in [0.2, 0.25) is 0 Å². The lowest BCUT2D eigenvalue weighted by Gasteiger charge is -2.10. The van der Waals surface area contributed by atoms with Crippen LogP contribution in [-0.2, 0) is 0 Å². The molecular formula is C11H15IO. The topological polar surface area (TPSA) is 9.23 Å². The van der Waals surface area contributed by atoms with Gasteiger partial charge in [-0.3, -0.25) is 0 Å². The van der Waals surface area contributed by atoms with Crippen LogP contribution in [-0.4, -0.2) is 6.61 Å². The van der Waals surface area contributed by atoms with Gasteiger partial charge >= 0.3 is 0 Å². The Morgan fingerprint density at radius 3 is 2.46 bits per heavy atom. The molecule has 0 aliphatic rings. The SMILES string of the molecule is CCC(C)COc1ccc(I)cc1. The molecule has 0 bridgehead atoms. The van der Waals surface area contributed by atoms with Crippen LogP contribution in [0.15, 0.2) is 24.3 Å². The summed E-state index contributed by atoms with van der Waals surface area (Å²) in [6.45, 7) is 5.20. The van der Waals surface area contributed by atoms with Gasteiger partial charge in [0, 0.05) is 3.57 Å². The highest BCUT2D eigenvalue weighted by Gasteiger charge is 1.99. The van der Waals surface area contributed by atoms with E-state index in [0.717, 1.165) is 12.4 Å². The van der Waals surface area contributed by atoms with Crippen molar-refractivity contribution in [2.75, 3.05) is 6.61 Å². The second kappa shape index (κ2) is 5.47. The van der Waals surface area contributed by atoms with Crippen LogP contribution >= 0.6 is 22.6 Å². The summed E-state index contributed by atoms with van der Waals surface area (Å²) in [7, 11) is 0. The minimum atomic E-state index is 0.638. The predicted molar refractivity (Wildman–Crippen MR) is 64.1 cm³/mol. The van der Waals surface area contributed by atoms with Crippen molar-refractivity contribution in [3.63, 3.8) is 0 Å². The molecule has 0 amide bonds. The molecule has 1 aromatic carbocycles. The zero-order valence-electron chi connectivity index (χ0n) is 8.09. The van der Waals surface area contributed by atoms with Gasteiger partial charge in [-0.15, -0.1) is 0 Å². The number of hydrogen-bond acceptors (Lipinski definition) is 1. The Bertz CT molecular complexity index is 243. The Labute approximate surface area is 93.6 Å². The molecule has 0 spiro atoms. The van der Waals surface area contributed by atoms with Crippen molar-refractivity contribution in [3.05, 3.63) is 27.8 Å². The third kappa shape index (κ3) is 3.98. The quantitative estimate of drug-likeness (QED) is 0.768. The second-order valence-electron chi connectivity index (χ2n) is 3.28. The van der Waals surface area contributed by atoms with Gasteiger partial charge in [0.1, 0.15) is 5.75 Å². The molecule has 1 atom stereocenters. The van der Waals surface area contributed by atoms with Gasteiger partial charge in [0.2, 0.25) is 0 Å². The van der Waals surface area contributed by atoms with Gasteiger partial charge in [-0.2, -0.15) is 0 Å². The summed E-state index contributed by atoms with van der Waals surface area (Å²) in [6.07, 6.45) is 1.17. The first-order valence-electron chi connectivity index (χ1n) is 4.60. The van der Waals surface area contributed by atoms with Crippen LogP contribution in [0, 0.1) is 9.49 Å². The summed E-state index contributed by atoms with van der Waals surface area (Å²) in [5.74, 6) is 1.61. The van der Waals surface area contributed by atoms with Crippen LogP contribution in [0.25, 0.3) is 0 Å². The molecule has 0 aliphatic carbocycles. The molecule has 13 heavy (non-hydrogen) atoms. The molecule has 0 saturated carbocycles. The van der Waals surface area contributed by atoms with E-state index in [1.54, 1.807) is 0 Å². The standard InChI is InChI=1S/C11H15IO/c1-3-9(2)8-13-11-6-4-10(12)5-7-11/h4-7,9H,3,8H2,1-2H3. The number of ether oxygens (including phenoxy) is 1. The van der Waals surface area contributed by atoms with E-state index in [1.165, 1.54) is 9.99 Å². The zero-order chi connectivity index (χ0) is 9.68. The predicted octanol–water partition coefficient (Wildman–Crippen LogP) is 3.72. The fourth-order valence-electron chi connectivity index (χ4n) is 0.887. The zero-order valence-corrected chi connectivity index (χ0v) is 10.2. The summed E-state index contributed by atoms with van der Waals surface area (Å²) in [4.78, 5) is 0. The van der Waals surface area contributed by atoms with E-state index in [0.29, 0.717) is 5.92 Å². The number of hydrogen-bond donors (Lipinski definition) is 0. The van der Waals surface area contributed by atoms with Crippen molar-refractivity contribution >= 4 is 22.6 Å². The van der Waals surface area contributed by atoms with Crippen molar-refractivity contribution in [2.45, 2.75) is 20.3 Å². The highest BCUT2D eigenvalue weighted by Crippen LogP contribution is 2.14.